The number of rotatable bonds is 8. The molecular formula is C35H41NO7. The van der Waals surface area contributed by atoms with Crippen LogP contribution in [0.1, 0.15) is 61.8 Å². The van der Waals surface area contributed by atoms with E-state index in [1.165, 1.54) is 7.11 Å². The minimum absolute atomic E-state index is 0.145. The molecule has 1 fully saturated rings. The molecule has 2 aliphatic rings. The Morgan fingerprint density at radius 2 is 1.70 bits per heavy atom. The first kappa shape index (κ1) is 30.4. The molecule has 3 aromatic carbocycles. The Labute approximate surface area is 253 Å². The van der Waals surface area contributed by atoms with Crippen LogP contribution >= 0.6 is 0 Å². The largest absolute Gasteiger partial charge is 0.487 e. The number of ether oxygens (including phenoxy) is 5. The van der Waals surface area contributed by atoms with Crippen molar-refractivity contribution in [3.8, 4) is 22.6 Å². The monoisotopic (exact) mass is 587 g/mol. The lowest BCUT2D eigenvalue weighted by Gasteiger charge is -2.25. The molecule has 3 unspecified atom stereocenters. The van der Waals surface area contributed by atoms with Gasteiger partial charge in [0.1, 0.15) is 23.2 Å². The van der Waals surface area contributed by atoms with E-state index in [1.807, 2.05) is 63.2 Å². The molecule has 1 saturated heterocycles. The number of nitrogens with zero attached hydrogens (tertiary/aromatic N) is 1. The minimum Gasteiger partial charge on any atom is -0.487 e. The zero-order chi connectivity index (χ0) is 30.7. The van der Waals surface area contributed by atoms with Crippen LogP contribution in [0.5, 0.6) is 11.5 Å². The molecular weight excluding hydrogens is 546 g/mol. The van der Waals surface area contributed by atoms with Gasteiger partial charge in [0.2, 0.25) is 6.29 Å². The van der Waals surface area contributed by atoms with Crippen LogP contribution in [0.3, 0.4) is 0 Å². The van der Waals surface area contributed by atoms with E-state index in [9.17, 15) is 9.59 Å². The molecule has 0 aromatic heterocycles. The van der Waals surface area contributed by atoms with Crippen LogP contribution in [0.15, 0.2) is 60.7 Å². The fraction of sp³-hybridized carbons (Fsp3) is 0.429. The summed E-state index contributed by atoms with van der Waals surface area (Å²) in [5.74, 6) is 0.800. The number of esters is 1. The quantitative estimate of drug-likeness (QED) is 0.264. The molecule has 0 N–H and O–H groups in total. The summed E-state index contributed by atoms with van der Waals surface area (Å²) in [5, 5.41) is 0. The Hall–Kier alpha value is -4.04. The third-order valence-corrected chi connectivity index (χ3v) is 7.84. The highest BCUT2D eigenvalue weighted by Crippen LogP contribution is 2.43. The molecule has 0 radical (unpaired) electrons. The van der Waals surface area contributed by atoms with Crippen molar-refractivity contribution in [3.05, 3.63) is 82.9 Å². The molecule has 5 rings (SSSR count). The second kappa shape index (κ2) is 12.7. The molecule has 0 spiro atoms. The topological polar surface area (TPSA) is 83.5 Å². The van der Waals surface area contributed by atoms with Crippen molar-refractivity contribution in [1.29, 1.82) is 0 Å². The summed E-state index contributed by atoms with van der Waals surface area (Å²) in [4.78, 5) is 26.7. The molecule has 8 heteroatoms. The first-order chi connectivity index (χ1) is 20.5. The molecule has 1 amide bonds. The number of fused-ring (bicyclic) bond motifs is 1. The van der Waals surface area contributed by atoms with Crippen LogP contribution in [0.25, 0.3) is 11.1 Å². The third-order valence-electron chi connectivity index (χ3n) is 7.84. The van der Waals surface area contributed by atoms with E-state index < -0.39 is 11.9 Å². The van der Waals surface area contributed by atoms with Gasteiger partial charge in [0.25, 0.3) is 0 Å². The van der Waals surface area contributed by atoms with Crippen molar-refractivity contribution >= 4 is 12.1 Å². The SMILES string of the molecule is COC(=O)CC1c2ccccc2OC1OCc1cccc(-c2c(C)cccc2C)c1OC1CCN(C(=O)OC(C)(C)C)C1. The molecule has 8 nitrogen and oxygen atoms in total. The fourth-order valence-electron chi connectivity index (χ4n) is 5.80. The smallest absolute Gasteiger partial charge is 0.410 e. The number of para-hydroxylation sites is 2. The summed E-state index contributed by atoms with van der Waals surface area (Å²) in [6, 6.07) is 20.0. The molecule has 3 aromatic rings. The van der Waals surface area contributed by atoms with Crippen LogP contribution in [0.2, 0.25) is 0 Å². The normalized spacial score (nSPS) is 19.5. The summed E-state index contributed by atoms with van der Waals surface area (Å²) < 4.78 is 29.9. The molecule has 2 heterocycles. The van der Waals surface area contributed by atoms with Crippen molar-refractivity contribution in [2.45, 2.75) is 78.0 Å². The first-order valence-electron chi connectivity index (χ1n) is 14.8. The maximum Gasteiger partial charge on any atom is 0.410 e. The van der Waals surface area contributed by atoms with Crippen molar-refractivity contribution in [3.63, 3.8) is 0 Å². The van der Waals surface area contributed by atoms with Gasteiger partial charge in [-0.05, 0) is 57.4 Å². The van der Waals surface area contributed by atoms with E-state index in [1.54, 1.807) is 4.90 Å². The number of methoxy groups -OCH3 is 1. The zero-order valence-corrected chi connectivity index (χ0v) is 25.8. The van der Waals surface area contributed by atoms with Gasteiger partial charge in [-0.3, -0.25) is 4.79 Å². The van der Waals surface area contributed by atoms with Crippen LogP contribution < -0.4 is 9.47 Å². The molecule has 0 saturated carbocycles. The number of carbonyl (C=O) groups is 2. The zero-order valence-electron chi connectivity index (χ0n) is 25.8. The van der Waals surface area contributed by atoms with Gasteiger partial charge >= 0.3 is 12.1 Å². The second-order valence-corrected chi connectivity index (χ2v) is 12.2. The van der Waals surface area contributed by atoms with E-state index in [0.29, 0.717) is 25.3 Å². The predicted molar refractivity (Wildman–Crippen MR) is 163 cm³/mol. The lowest BCUT2D eigenvalue weighted by Crippen LogP contribution is -2.36. The number of hydrogen-bond acceptors (Lipinski definition) is 7. The van der Waals surface area contributed by atoms with Gasteiger partial charge in [-0.15, -0.1) is 0 Å². The van der Waals surface area contributed by atoms with Gasteiger partial charge in [-0.1, -0.05) is 54.6 Å². The number of amides is 1. The highest BCUT2D eigenvalue weighted by Gasteiger charge is 2.37. The molecule has 43 heavy (non-hydrogen) atoms. The first-order valence-corrected chi connectivity index (χ1v) is 14.8. The maximum atomic E-state index is 12.8. The molecule has 0 bridgehead atoms. The van der Waals surface area contributed by atoms with Crippen molar-refractivity contribution < 1.29 is 33.3 Å². The predicted octanol–water partition coefficient (Wildman–Crippen LogP) is 6.94. The summed E-state index contributed by atoms with van der Waals surface area (Å²) in [6.07, 6.45) is -0.381. The highest BCUT2D eigenvalue weighted by molar-refractivity contribution is 5.77. The van der Waals surface area contributed by atoms with Crippen molar-refractivity contribution in [1.82, 2.24) is 4.90 Å². The summed E-state index contributed by atoms with van der Waals surface area (Å²) in [5.41, 5.74) is 5.56. The molecule has 2 aliphatic heterocycles. The Morgan fingerprint density at radius 3 is 2.42 bits per heavy atom. The van der Waals surface area contributed by atoms with E-state index in [0.717, 1.165) is 39.1 Å². The van der Waals surface area contributed by atoms with Gasteiger partial charge < -0.3 is 28.6 Å². The fourth-order valence-corrected chi connectivity index (χ4v) is 5.80. The Bertz CT molecular complexity index is 1460. The average Bonchev–Trinajstić information content (AvgIpc) is 3.57. The van der Waals surface area contributed by atoms with Gasteiger partial charge in [0, 0.05) is 29.7 Å². The Balaban J connectivity index is 1.42. The highest BCUT2D eigenvalue weighted by atomic mass is 16.7. The molecule has 228 valence electrons. The maximum absolute atomic E-state index is 12.8. The van der Waals surface area contributed by atoms with Crippen molar-refractivity contribution in [2.75, 3.05) is 20.2 Å². The Morgan fingerprint density at radius 1 is 0.977 bits per heavy atom. The molecule has 0 aliphatic carbocycles. The second-order valence-electron chi connectivity index (χ2n) is 12.2. The standard InChI is InChI=1S/C35H41NO7/c1-22-11-9-12-23(2)31(22)27-15-10-13-24(32(27)41-25-17-18-36(20-25)34(38)43-35(3,4)5)21-40-33-28(19-30(37)39-6)26-14-7-8-16-29(26)42-33/h7-16,25,28,33H,17-21H2,1-6H3. The Kier molecular flexibility index (Phi) is 8.97. The van der Waals surface area contributed by atoms with E-state index >= 15 is 0 Å². The van der Waals surface area contributed by atoms with Gasteiger partial charge in [0.05, 0.1) is 32.6 Å². The van der Waals surface area contributed by atoms with Gasteiger partial charge in [-0.25, -0.2) is 4.79 Å². The van der Waals surface area contributed by atoms with E-state index in [4.69, 9.17) is 23.7 Å². The minimum atomic E-state index is -0.664. The number of carbonyl (C=O) groups excluding carboxylic acids is 2. The van der Waals surface area contributed by atoms with E-state index in [2.05, 4.69) is 32.0 Å². The van der Waals surface area contributed by atoms with Crippen LogP contribution in [0, 0.1) is 13.8 Å². The van der Waals surface area contributed by atoms with Crippen molar-refractivity contribution in [2.24, 2.45) is 0 Å². The summed E-state index contributed by atoms with van der Waals surface area (Å²) in [6.45, 7) is 11.0. The van der Waals surface area contributed by atoms with Crippen LogP contribution in [0.4, 0.5) is 4.79 Å². The number of hydrogen-bond donors (Lipinski definition) is 0. The van der Waals surface area contributed by atoms with Crippen LogP contribution in [-0.2, 0) is 25.6 Å². The average molecular weight is 588 g/mol. The number of benzene rings is 3. The number of aryl methyl sites for hydroxylation is 2. The number of likely N-dealkylation sites (tertiary alicyclic amines) is 1. The van der Waals surface area contributed by atoms with Crippen LogP contribution in [-0.4, -0.2) is 55.2 Å². The lowest BCUT2D eigenvalue weighted by atomic mass is 9.93. The van der Waals surface area contributed by atoms with E-state index in [-0.39, 0.29) is 37.1 Å². The van der Waals surface area contributed by atoms with Gasteiger partial charge in [-0.2, -0.15) is 0 Å². The third kappa shape index (κ3) is 6.96. The summed E-state index contributed by atoms with van der Waals surface area (Å²) in [7, 11) is 1.38. The lowest BCUT2D eigenvalue weighted by molar-refractivity contribution is -0.145. The molecule has 3 atom stereocenters. The van der Waals surface area contributed by atoms with Gasteiger partial charge in [0.15, 0.2) is 0 Å². The summed E-state index contributed by atoms with van der Waals surface area (Å²) >= 11 is 0.